The SMILES string of the molecule is O=C(c1ccc(I)o1)N1CCN(C(c2ccccc2)c2ccccc2)CC1. The normalized spacial score (nSPS) is 15.3. The van der Waals surface area contributed by atoms with Gasteiger partial charge < -0.3 is 9.32 Å². The van der Waals surface area contributed by atoms with Gasteiger partial charge in [-0.05, 0) is 45.9 Å². The second kappa shape index (κ2) is 8.27. The van der Waals surface area contributed by atoms with Gasteiger partial charge in [-0.25, -0.2) is 0 Å². The van der Waals surface area contributed by atoms with Crippen molar-refractivity contribution in [2.24, 2.45) is 0 Å². The molecule has 4 nitrogen and oxygen atoms in total. The molecule has 1 fully saturated rings. The Bertz CT molecular complexity index is 847. The highest BCUT2D eigenvalue weighted by atomic mass is 127. The number of carbonyl (C=O) groups is 1. The van der Waals surface area contributed by atoms with Crippen LogP contribution in [0.2, 0.25) is 0 Å². The summed E-state index contributed by atoms with van der Waals surface area (Å²) in [4.78, 5) is 17.0. The number of benzene rings is 2. The number of halogens is 1. The first-order chi connectivity index (χ1) is 13.2. The third-order valence-corrected chi connectivity index (χ3v) is 5.56. The smallest absolute Gasteiger partial charge is 0.289 e. The van der Waals surface area contributed by atoms with Crippen LogP contribution in [0, 0.1) is 3.77 Å². The lowest BCUT2D eigenvalue weighted by atomic mass is 9.96. The molecule has 0 radical (unpaired) electrons. The Balaban J connectivity index is 1.51. The van der Waals surface area contributed by atoms with Crippen molar-refractivity contribution in [3.05, 3.63) is 93.5 Å². The van der Waals surface area contributed by atoms with Gasteiger partial charge in [0.1, 0.15) is 0 Å². The Morgan fingerprint density at radius 1 is 0.815 bits per heavy atom. The van der Waals surface area contributed by atoms with E-state index in [0.717, 1.165) is 16.9 Å². The molecule has 2 aromatic carbocycles. The fourth-order valence-electron chi connectivity index (χ4n) is 3.65. The minimum Gasteiger partial charge on any atom is -0.445 e. The van der Waals surface area contributed by atoms with Crippen molar-refractivity contribution in [3.8, 4) is 0 Å². The van der Waals surface area contributed by atoms with Crippen molar-refractivity contribution < 1.29 is 9.21 Å². The summed E-state index contributed by atoms with van der Waals surface area (Å²) in [5.41, 5.74) is 2.56. The van der Waals surface area contributed by atoms with E-state index in [4.69, 9.17) is 4.42 Å². The van der Waals surface area contributed by atoms with Crippen LogP contribution in [0.3, 0.4) is 0 Å². The molecule has 0 spiro atoms. The Morgan fingerprint density at radius 2 is 1.37 bits per heavy atom. The van der Waals surface area contributed by atoms with Gasteiger partial charge in [0.05, 0.1) is 6.04 Å². The van der Waals surface area contributed by atoms with Crippen LogP contribution in [0.1, 0.15) is 27.7 Å². The van der Waals surface area contributed by atoms with Gasteiger partial charge in [-0.15, -0.1) is 0 Å². The van der Waals surface area contributed by atoms with Gasteiger partial charge in [0.2, 0.25) is 0 Å². The van der Waals surface area contributed by atoms with E-state index in [1.54, 1.807) is 6.07 Å². The second-order valence-electron chi connectivity index (χ2n) is 6.66. The molecule has 3 aromatic rings. The maximum atomic E-state index is 12.6. The highest BCUT2D eigenvalue weighted by molar-refractivity contribution is 14.1. The van der Waals surface area contributed by atoms with E-state index < -0.39 is 0 Å². The summed E-state index contributed by atoms with van der Waals surface area (Å²) >= 11 is 2.08. The van der Waals surface area contributed by atoms with E-state index in [2.05, 4.69) is 76.0 Å². The van der Waals surface area contributed by atoms with Gasteiger partial charge in [0, 0.05) is 26.2 Å². The average Bonchev–Trinajstić information content (AvgIpc) is 3.16. The first-order valence-corrected chi connectivity index (χ1v) is 10.2. The van der Waals surface area contributed by atoms with E-state index >= 15 is 0 Å². The third-order valence-electron chi connectivity index (χ3n) is 4.98. The molecule has 138 valence electrons. The first kappa shape index (κ1) is 18.3. The van der Waals surface area contributed by atoms with Crippen LogP contribution in [-0.4, -0.2) is 41.9 Å². The summed E-state index contributed by atoms with van der Waals surface area (Å²) in [5.74, 6) is 0.407. The largest absolute Gasteiger partial charge is 0.445 e. The lowest BCUT2D eigenvalue weighted by Gasteiger charge is -2.39. The van der Waals surface area contributed by atoms with Crippen LogP contribution in [-0.2, 0) is 0 Å². The van der Waals surface area contributed by atoms with Crippen LogP contribution in [0.5, 0.6) is 0 Å². The fourth-order valence-corrected chi connectivity index (χ4v) is 4.07. The summed E-state index contributed by atoms with van der Waals surface area (Å²) in [5, 5.41) is 0. The maximum Gasteiger partial charge on any atom is 0.289 e. The van der Waals surface area contributed by atoms with Gasteiger partial charge in [-0.1, -0.05) is 60.7 Å². The zero-order chi connectivity index (χ0) is 18.6. The molecule has 1 amide bonds. The minimum absolute atomic E-state index is 0.0199. The molecule has 1 aromatic heterocycles. The van der Waals surface area contributed by atoms with Gasteiger partial charge in [-0.2, -0.15) is 0 Å². The maximum absolute atomic E-state index is 12.6. The van der Waals surface area contributed by atoms with E-state index in [9.17, 15) is 4.79 Å². The van der Waals surface area contributed by atoms with E-state index in [1.807, 2.05) is 23.1 Å². The van der Waals surface area contributed by atoms with Crippen LogP contribution < -0.4 is 0 Å². The Morgan fingerprint density at radius 3 is 1.85 bits per heavy atom. The van der Waals surface area contributed by atoms with Crippen molar-refractivity contribution in [2.75, 3.05) is 26.2 Å². The fraction of sp³-hybridized carbons (Fsp3) is 0.227. The molecule has 1 saturated heterocycles. The van der Waals surface area contributed by atoms with Crippen molar-refractivity contribution in [2.45, 2.75) is 6.04 Å². The summed E-state index contributed by atoms with van der Waals surface area (Å²) in [6.07, 6.45) is 0. The number of furan rings is 1. The molecule has 0 N–H and O–H groups in total. The number of carbonyl (C=O) groups excluding carboxylic acids is 1. The zero-order valence-corrected chi connectivity index (χ0v) is 17.1. The van der Waals surface area contributed by atoms with Gasteiger partial charge in [-0.3, -0.25) is 9.69 Å². The van der Waals surface area contributed by atoms with Crippen molar-refractivity contribution in [3.63, 3.8) is 0 Å². The van der Waals surface area contributed by atoms with E-state index in [-0.39, 0.29) is 11.9 Å². The Kier molecular flexibility index (Phi) is 5.59. The standard InChI is InChI=1S/C22H21IN2O2/c23-20-12-11-19(27-20)22(26)25-15-13-24(14-16-25)21(17-7-3-1-4-8-17)18-9-5-2-6-10-18/h1-12,21H,13-16H2. The molecule has 1 aliphatic rings. The minimum atomic E-state index is -0.0199. The molecular weight excluding hydrogens is 451 g/mol. The van der Waals surface area contributed by atoms with Crippen molar-refractivity contribution >= 4 is 28.5 Å². The lowest BCUT2D eigenvalue weighted by Crippen LogP contribution is -2.49. The number of piperazine rings is 1. The lowest BCUT2D eigenvalue weighted by molar-refractivity contribution is 0.0566. The molecule has 4 rings (SSSR count). The quantitative estimate of drug-likeness (QED) is 0.528. The molecular formula is C22H21IN2O2. The molecule has 0 unspecified atom stereocenters. The number of hydrogen-bond acceptors (Lipinski definition) is 3. The van der Waals surface area contributed by atoms with Crippen molar-refractivity contribution in [1.82, 2.24) is 9.80 Å². The van der Waals surface area contributed by atoms with Crippen molar-refractivity contribution in [1.29, 1.82) is 0 Å². The van der Waals surface area contributed by atoms with Crippen LogP contribution in [0.15, 0.2) is 77.2 Å². The first-order valence-electron chi connectivity index (χ1n) is 9.11. The van der Waals surface area contributed by atoms with E-state index in [1.165, 1.54) is 11.1 Å². The molecule has 0 bridgehead atoms. The zero-order valence-electron chi connectivity index (χ0n) is 14.9. The van der Waals surface area contributed by atoms with E-state index in [0.29, 0.717) is 18.8 Å². The van der Waals surface area contributed by atoms with Gasteiger partial charge >= 0.3 is 0 Å². The molecule has 5 heteroatoms. The van der Waals surface area contributed by atoms with Crippen LogP contribution in [0.25, 0.3) is 0 Å². The summed E-state index contributed by atoms with van der Waals surface area (Å²) in [6, 6.07) is 25.0. The second-order valence-corrected chi connectivity index (χ2v) is 7.72. The number of hydrogen-bond donors (Lipinski definition) is 0. The van der Waals surface area contributed by atoms with Gasteiger partial charge in [0.25, 0.3) is 5.91 Å². The summed E-state index contributed by atoms with van der Waals surface area (Å²) in [6.45, 7) is 3.06. The summed E-state index contributed by atoms with van der Waals surface area (Å²) < 4.78 is 6.23. The highest BCUT2D eigenvalue weighted by Crippen LogP contribution is 2.29. The number of amides is 1. The molecule has 0 atom stereocenters. The average molecular weight is 472 g/mol. The Labute approximate surface area is 172 Å². The van der Waals surface area contributed by atoms with Crippen LogP contribution >= 0.6 is 22.6 Å². The molecule has 0 saturated carbocycles. The molecule has 0 aliphatic carbocycles. The van der Waals surface area contributed by atoms with Crippen LogP contribution in [0.4, 0.5) is 0 Å². The molecule has 2 heterocycles. The molecule has 1 aliphatic heterocycles. The third kappa shape index (κ3) is 4.09. The highest BCUT2D eigenvalue weighted by Gasteiger charge is 2.29. The molecule has 27 heavy (non-hydrogen) atoms. The topological polar surface area (TPSA) is 36.7 Å². The summed E-state index contributed by atoms with van der Waals surface area (Å²) in [7, 11) is 0. The Hall–Kier alpha value is -2.12. The van der Waals surface area contributed by atoms with Gasteiger partial charge in [0.15, 0.2) is 9.53 Å². The monoisotopic (exact) mass is 472 g/mol. The number of nitrogens with zero attached hydrogens (tertiary/aromatic N) is 2. The number of rotatable bonds is 4. The predicted molar refractivity (Wildman–Crippen MR) is 114 cm³/mol. The predicted octanol–water partition coefficient (Wildman–Crippen LogP) is 4.43.